The Morgan fingerprint density at radius 1 is 1.47 bits per heavy atom. The number of aromatic nitrogens is 2. The van der Waals surface area contributed by atoms with E-state index in [1.54, 1.807) is 6.20 Å². The van der Waals surface area contributed by atoms with E-state index in [9.17, 15) is 9.59 Å². The third-order valence-corrected chi connectivity index (χ3v) is 2.16. The lowest BCUT2D eigenvalue weighted by Crippen LogP contribution is -2.43. The zero-order chi connectivity index (χ0) is 12.8. The van der Waals surface area contributed by atoms with E-state index in [4.69, 9.17) is 0 Å². The molecule has 94 valence electrons. The molecule has 0 fully saturated rings. The van der Waals surface area contributed by atoms with Crippen molar-refractivity contribution in [3.63, 3.8) is 0 Å². The Bertz CT molecular complexity index is 373. The Kier molecular flexibility index (Phi) is 4.68. The average molecular weight is 238 g/mol. The summed E-state index contributed by atoms with van der Waals surface area (Å²) < 4.78 is 1.35. The van der Waals surface area contributed by atoms with E-state index in [-0.39, 0.29) is 24.5 Å². The van der Waals surface area contributed by atoms with Crippen LogP contribution in [-0.4, -0.2) is 45.5 Å². The largest absolute Gasteiger partial charge is 0.352 e. The molecule has 0 aliphatic rings. The van der Waals surface area contributed by atoms with E-state index in [0.717, 1.165) is 0 Å². The van der Waals surface area contributed by atoms with Crippen LogP contribution in [0.4, 0.5) is 4.79 Å². The lowest BCUT2D eigenvalue weighted by molar-refractivity contribution is -0.122. The smallest absolute Gasteiger partial charge is 0.329 e. The van der Waals surface area contributed by atoms with Crippen molar-refractivity contribution < 1.29 is 9.59 Å². The molecule has 1 rings (SSSR count). The van der Waals surface area contributed by atoms with E-state index in [1.165, 1.54) is 22.0 Å². The molecule has 0 unspecified atom stereocenters. The van der Waals surface area contributed by atoms with Gasteiger partial charge >= 0.3 is 6.03 Å². The highest BCUT2D eigenvalue weighted by molar-refractivity contribution is 5.85. The molecular formula is C11H18N4O2. The van der Waals surface area contributed by atoms with Gasteiger partial charge < -0.3 is 10.2 Å². The molecule has 6 heteroatoms. The number of likely N-dealkylation sites (N-methyl/N-ethyl adjacent to an activating group) is 1. The van der Waals surface area contributed by atoms with Gasteiger partial charge in [-0.05, 0) is 20.8 Å². The first kappa shape index (κ1) is 13.2. The molecule has 1 aromatic heterocycles. The fraction of sp³-hybridized carbons (Fsp3) is 0.545. The average Bonchev–Trinajstić information content (AvgIpc) is 2.77. The predicted molar refractivity (Wildman–Crippen MR) is 63.5 cm³/mol. The summed E-state index contributed by atoms with van der Waals surface area (Å²) in [4.78, 5) is 28.8. The zero-order valence-electron chi connectivity index (χ0n) is 10.4. The molecule has 0 aliphatic heterocycles. The van der Waals surface area contributed by atoms with Crippen LogP contribution >= 0.6 is 0 Å². The molecule has 0 saturated carbocycles. The lowest BCUT2D eigenvalue weighted by Gasteiger charge is -2.20. The van der Waals surface area contributed by atoms with Gasteiger partial charge in [0.1, 0.15) is 12.9 Å². The van der Waals surface area contributed by atoms with Crippen LogP contribution in [0.5, 0.6) is 0 Å². The highest BCUT2D eigenvalue weighted by atomic mass is 16.2. The van der Waals surface area contributed by atoms with Crippen molar-refractivity contribution in [3.05, 3.63) is 18.7 Å². The van der Waals surface area contributed by atoms with Crippen molar-refractivity contribution in [3.8, 4) is 0 Å². The number of imidazole rings is 1. The van der Waals surface area contributed by atoms with Crippen molar-refractivity contribution in [2.45, 2.75) is 26.8 Å². The molecule has 1 N–H and O–H groups in total. The third-order valence-electron chi connectivity index (χ3n) is 2.16. The lowest BCUT2D eigenvalue weighted by atomic mass is 10.4. The van der Waals surface area contributed by atoms with Crippen molar-refractivity contribution in [2.24, 2.45) is 0 Å². The van der Waals surface area contributed by atoms with E-state index >= 15 is 0 Å². The summed E-state index contributed by atoms with van der Waals surface area (Å²) >= 11 is 0. The molecule has 17 heavy (non-hydrogen) atoms. The number of hydrogen-bond acceptors (Lipinski definition) is 3. The van der Waals surface area contributed by atoms with Gasteiger partial charge in [0.05, 0.1) is 0 Å². The van der Waals surface area contributed by atoms with Gasteiger partial charge in [0, 0.05) is 25.0 Å². The zero-order valence-corrected chi connectivity index (χ0v) is 10.4. The molecule has 1 heterocycles. The molecule has 2 amide bonds. The van der Waals surface area contributed by atoms with E-state index in [0.29, 0.717) is 6.54 Å². The molecule has 0 aliphatic carbocycles. The van der Waals surface area contributed by atoms with Gasteiger partial charge in [-0.25, -0.2) is 9.78 Å². The summed E-state index contributed by atoms with van der Waals surface area (Å²) in [5.41, 5.74) is 0. The predicted octanol–water partition coefficient (Wildman–Crippen LogP) is 0.698. The van der Waals surface area contributed by atoms with Gasteiger partial charge in [0.2, 0.25) is 5.91 Å². The number of amides is 2. The van der Waals surface area contributed by atoms with Crippen LogP contribution in [0.2, 0.25) is 0 Å². The van der Waals surface area contributed by atoms with Gasteiger partial charge in [-0.3, -0.25) is 9.36 Å². The number of nitrogens with zero attached hydrogens (tertiary/aromatic N) is 3. The normalized spacial score (nSPS) is 10.4. The molecule has 6 nitrogen and oxygen atoms in total. The Balaban J connectivity index is 2.60. The Labute approximate surface area is 101 Å². The monoisotopic (exact) mass is 238 g/mol. The maximum Gasteiger partial charge on any atom is 0.329 e. The minimum Gasteiger partial charge on any atom is -0.352 e. The molecule has 0 saturated heterocycles. The molecule has 0 atom stereocenters. The highest BCUT2D eigenvalue weighted by Gasteiger charge is 2.16. The van der Waals surface area contributed by atoms with Crippen LogP contribution < -0.4 is 5.32 Å². The van der Waals surface area contributed by atoms with E-state index in [1.807, 2.05) is 20.8 Å². The molecule has 0 radical (unpaired) electrons. The van der Waals surface area contributed by atoms with Crippen LogP contribution in [0.3, 0.4) is 0 Å². The summed E-state index contributed by atoms with van der Waals surface area (Å²) in [5.74, 6) is -0.157. The second kappa shape index (κ2) is 6.03. The number of hydrogen-bond donors (Lipinski definition) is 1. The van der Waals surface area contributed by atoms with Crippen molar-refractivity contribution >= 4 is 11.9 Å². The minimum atomic E-state index is -0.246. The van der Waals surface area contributed by atoms with E-state index < -0.39 is 0 Å². The van der Waals surface area contributed by atoms with Gasteiger partial charge in [-0.2, -0.15) is 0 Å². The first-order chi connectivity index (χ1) is 8.04. The Morgan fingerprint density at radius 2 is 2.18 bits per heavy atom. The summed E-state index contributed by atoms with van der Waals surface area (Å²) in [6.07, 6.45) is 4.51. The Hall–Kier alpha value is -1.85. The molecule has 0 aromatic carbocycles. The summed E-state index contributed by atoms with van der Waals surface area (Å²) in [7, 11) is 0. The molecule has 1 aromatic rings. The van der Waals surface area contributed by atoms with Crippen LogP contribution in [0, 0.1) is 0 Å². The van der Waals surface area contributed by atoms with Crippen molar-refractivity contribution in [1.29, 1.82) is 0 Å². The van der Waals surface area contributed by atoms with Crippen LogP contribution in [0.15, 0.2) is 18.7 Å². The maximum atomic E-state index is 11.9. The molecular weight excluding hydrogens is 220 g/mol. The number of carbonyl (C=O) groups excluding carboxylic acids is 2. The second-order valence-corrected chi connectivity index (χ2v) is 3.99. The Morgan fingerprint density at radius 3 is 2.65 bits per heavy atom. The fourth-order valence-electron chi connectivity index (χ4n) is 1.39. The minimum absolute atomic E-state index is 0.0612. The second-order valence-electron chi connectivity index (χ2n) is 3.99. The first-order valence-corrected chi connectivity index (χ1v) is 5.61. The number of carbonyl (C=O) groups is 2. The quantitative estimate of drug-likeness (QED) is 0.839. The van der Waals surface area contributed by atoms with Gasteiger partial charge in [0.15, 0.2) is 0 Å². The van der Waals surface area contributed by atoms with Crippen molar-refractivity contribution in [1.82, 2.24) is 19.8 Å². The van der Waals surface area contributed by atoms with Gasteiger partial charge in [-0.15, -0.1) is 0 Å². The summed E-state index contributed by atoms with van der Waals surface area (Å²) in [5, 5.41) is 2.75. The maximum absolute atomic E-state index is 11.9. The van der Waals surface area contributed by atoms with Crippen molar-refractivity contribution in [2.75, 3.05) is 13.1 Å². The first-order valence-electron chi connectivity index (χ1n) is 5.61. The van der Waals surface area contributed by atoms with Crippen LogP contribution in [0.1, 0.15) is 20.8 Å². The number of rotatable bonds is 4. The standard InChI is InChI=1S/C11H18N4O2/c1-4-14(7-10(16)13-9(2)3)11(17)15-6-5-12-8-15/h5-6,8-9H,4,7H2,1-3H3,(H,13,16). The van der Waals surface area contributed by atoms with E-state index in [2.05, 4.69) is 10.3 Å². The van der Waals surface area contributed by atoms with Gasteiger partial charge in [0.25, 0.3) is 0 Å². The fourth-order valence-corrected chi connectivity index (χ4v) is 1.39. The molecule has 0 bridgehead atoms. The third kappa shape index (κ3) is 3.90. The SMILES string of the molecule is CCN(CC(=O)NC(C)C)C(=O)n1ccnc1. The number of nitrogens with one attached hydrogen (secondary N) is 1. The summed E-state index contributed by atoms with van der Waals surface area (Å²) in [6.45, 7) is 6.13. The van der Waals surface area contributed by atoms with Crippen LogP contribution in [0.25, 0.3) is 0 Å². The van der Waals surface area contributed by atoms with Gasteiger partial charge in [-0.1, -0.05) is 0 Å². The van der Waals surface area contributed by atoms with Crippen LogP contribution in [-0.2, 0) is 4.79 Å². The molecule has 0 spiro atoms. The summed E-state index contributed by atoms with van der Waals surface area (Å²) in [6, 6.07) is -0.173. The highest BCUT2D eigenvalue weighted by Crippen LogP contribution is 1.96. The topological polar surface area (TPSA) is 67.2 Å².